The van der Waals surface area contributed by atoms with Crippen molar-refractivity contribution in [3.8, 4) is 0 Å². The summed E-state index contributed by atoms with van der Waals surface area (Å²) in [6.07, 6.45) is 0.634. The van der Waals surface area contributed by atoms with Gasteiger partial charge in [-0.1, -0.05) is 30.3 Å². The molecule has 22 heavy (non-hydrogen) atoms. The molecule has 0 radical (unpaired) electrons. The highest BCUT2D eigenvalue weighted by atomic mass is 16.7. The Labute approximate surface area is 124 Å². The van der Waals surface area contributed by atoms with Crippen molar-refractivity contribution in [3.05, 3.63) is 74.7 Å². The fourth-order valence-corrected chi connectivity index (χ4v) is 2.21. The Balaban J connectivity index is 1.83. The highest BCUT2D eigenvalue weighted by Crippen LogP contribution is 2.17. The second-order valence-electron chi connectivity index (χ2n) is 4.75. The average Bonchev–Trinajstić information content (AvgIpc) is 2.83. The van der Waals surface area contributed by atoms with Crippen molar-refractivity contribution in [2.24, 2.45) is 0 Å². The van der Waals surface area contributed by atoms with E-state index in [9.17, 15) is 14.9 Å². The monoisotopic (exact) mass is 299 g/mol. The molecule has 0 spiro atoms. The van der Waals surface area contributed by atoms with E-state index >= 15 is 0 Å². The van der Waals surface area contributed by atoms with Gasteiger partial charge in [0.15, 0.2) is 0 Å². The van der Waals surface area contributed by atoms with Crippen LogP contribution < -0.4 is 10.5 Å². The minimum Gasteiger partial charge on any atom is -0.409 e. The predicted molar refractivity (Wildman–Crippen MR) is 80.8 cm³/mol. The first-order valence-electron chi connectivity index (χ1n) is 6.71. The molecule has 0 fully saturated rings. The molecule has 1 aromatic heterocycles. The Morgan fingerprint density at radius 3 is 2.68 bits per heavy atom. The van der Waals surface area contributed by atoms with E-state index in [1.165, 1.54) is 18.2 Å². The van der Waals surface area contributed by atoms with Crippen LogP contribution >= 0.6 is 0 Å². The Hall–Kier alpha value is -3.09. The first-order valence-corrected chi connectivity index (χ1v) is 6.71. The minimum atomic E-state index is -0.509. The first-order chi connectivity index (χ1) is 10.6. The third-order valence-electron chi connectivity index (χ3n) is 3.29. The average molecular weight is 299 g/mol. The van der Waals surface area contributed by atoms with Gasteiger partial charge in [0.25, 0.3) is 5.69 Å². The number of H-pyrrole nitrogens is 1. The van der Waals surface area contributed by atoms with E-state index in [1.807, 2.05) is 30.3 Å². The van der Waals surface area contributed by atoms with Crippen molar-refractivity contribution in [1.82, 2.24) is 9.71 Å². The molecule has 7 nitrogen and oxygen atoms in total. The van der Waals surface area contributed by atoms with Gasteiger partial charge in [0, 0.05) is 18.6 Å². The highest BCUT2D eigenvalue weighted by molar-refractivity contribution is 5.77. The number of hydrogen-bond acceptors (Lipinski definition) is 4. The molecule has 0 saturated heterocycles. The molecule has 1 heterocycles. The van der Waals surface area contributed by atoms with Gasteiger partial charge < -0.3 is 9.82 Å². The number of fused-ring (bicyclic) bond motifs is 1. The zero-order valence-electron chi connectivity index (χ0n) is 11.6. The number of nitro groups is 1. The molecule has 3 aromatic rings. The lowest BCUT2D eigenvalue weighted by atomic mass is 10.2. The van der Waals surface area contributed by atoms with Crippen molar-refractivity contribution < 1.29 is 9.76 Å². The molecular formula is C15H13N3O4. The number of benzene rings is 2. The summed E-state index contributed by atoms with van der Waals surface area (Å²) in [5.41, 5.74) is 1.39. The maximum Gasteiger partial charge on any atom is 0.359 e. The maximum atomic E-state index is 11.9. The van der Waals surface area contributed by atoms with E-state index in [0.29, 0.717) is 24.1 Å². The van der Waals surface area contributed by atoms with Crippen LogP contribution in [-0.2, 0) is 6.42 Å². The SMILES string of the molecule is O=c1[nH]c2ccc([N+](=O)[O-])cc2n1OCCc1ccccc1. The first kappa shape index (κ1) is 13.9. The quantitative estimate of drug-likeness (QED) is 0.575. The van der Waals surface area contributed by atoms with Crippen LogP contribution in [0.25, 0.3) is 11.0 Å². The van der Waals surface area contributed by atoms with Crippen LogP contribution in [-0.4, -0.2) is 21.2 Å². The fourth-order valence-electron chi connectivity index (χ4n) is 2.21. The van der Waals surface area contributed by atoms with E-state index in [1.54, 1.807) is 0 Å². The van der Waals surface area contributed by atoms with E-state index in [-0.39, 0.29) is 5.69 Å². The van der Waals surface area contributed by atoms with Crippen molar-refractivity contribution in [1.29, 1.82) is 0 Å². The number of imidazole rings is 1. The number of aromatic nitrogens is 2. The Kier molecular flexibility index (Phi) is 3.61. The lowest BCUT2D eigenvalue weighted by Gasteiger charge is -2.06. The summed E-state index contributed by atoms with van der Waals surface area (Å²) >= 11 is 0. The number of nitrogens with one attached hydrogen (secondary N) is 1. The van der Waals surface area contributed by atoms with Gasteiger partial charge in [-0.15, -0.1) is 4.73 Å². The van der Waals surface area contributed by atoms with E-state index < -0.39 is 10.6 Å². The second kappa shape index (κ2) is 5.72. The van der Waals surface area contributed by atoms with E-state index in [0.717, 1.165) is 10.3 Å². The predicted octanol–water partition coefficient (Wildman–Crippen LogP) is 1.91. The normalized spacial score (nSPS) is 10.7. The van der Waals surface area contributed by atoms with Crippen molar-refractivity contribution in [2.75, 3.05) is 6.61 Å². The summed E-state index contributed by atoms with van der Waals surface area (Å²) in [6, 6.07) is 13.9. The molecule has 0 saturated carbocycles. The number of nitrogens with zero attached hydrogens (tertiary/aromatic N) is 2. The van der Waals surface area contributed by atoms with Gasteiger partial charge in [-0.25, -0.2) is 4.79 Å². The lowest BCUT2D eigenvalue weighted by Crippen LogP contribution is -2.25. The summed E-state index contributed by atoms with van der Waals surface area (Å²) in [6.45, 7) is 0.291. The topological polar surface area (TPSA) is 90.2 Å². The Bertz CT molecular complexity index is 867. The van der Waals surface area contributed by atoms with Gasteiger partial charge in [0.2, 0.25) is 0 Å². The zero-order chi connectivity index (χ0) is 15.5. The van der Waals surface area contributed by atoms with Crippen molar-refractivity contribution in [2.45, 2.75) is 6.42 Å². The van der Waals surface area contributed by atoms with E-state index in [2.05, 4.69) is 4.98 Å². The Morgan fingerprint density at radius 2 is 1.95 bits per heavy atom. The molecule has 1 N–H and O–H groups in total. The van der Waals surface area contributed by atoms with Gasteiger partial charge in [-0.3, -0.25) is 10.1 Å². The van der Waals surface area contributed by atoms with Crippen LogP contribution in [0.3, 0.4) is 0 Å². The summed E-state index contributed by atoms with van der Waals surface area (Å²) in [4.78, 5) is 30.3. The fraction of sp³-hybridized carbons (Fsp3) is 0.133. The largest absolute Gasteiger partial charge is 0.409 e. The van der Waals surface area contributed by atoms with Crippen molar-refractivity contribution >= 4 is 16.7 Å². The molecule has 7 heteroatoms. The minimum absolute atomic E-state index is 0.0908. The van der Waals surface area contributed by atoms with Crippen LogP contribution in [0.5, 0.6) is 0 Å². The molecule has 0 aliphatic carbocycles. The van der Waals surface area contributed by atoms with Crippen LogP contribution in [0.1, 0.15) is 5.56 Å². The van der Waals surface area contributed by atoms with Gasteiger partial charge >= 0.3 is 5.69 Å². The van der Waals surface area contributed by atoms with Crippen LogP contribution in [0.4, 0.5) is 5.69 Å². The van der Waals surface area contributed by atoms with Gasteiger partial charge in [0.05, 0.1) is 10.4 Å². The summed E-state index contributed by atoms with van der Waals surface area (Å²) in [5, 5.41) is 10.8. The van der Waals surface area contributed by atoms with Crippen molar-refractivity contribution in [3.63, 3.8) is 0 Å². The molecule has 2 aromatic carbocycles. The standard InChI is InChI=1S/C15H13N3O4/c19-15-16-13-7-6-12(18(20)21)10-14(13)17(15)22-9-8-11-4-2-1-3-5-11/h1-7,10H,8-9H2,(H,16,19). The number of non-ortho nitro benzene ring substituents is 1. The number of hydrogen-bond donors (Lipinski definition) is 1. The van der Waals surface area contributed by atoms with Crippen LogP contribution in [0.15, 0.2) is 53.3 Å². The number of nitro benzene ring substituents is 1. The summed E-state index contributed by atoms with van der Waals surface area (Å²) in [7, 11) is 0. The van der Waals surface area contributed by atoms with Gasteiger partial charge in [0.1, 0.15) is 12.1 Å². The molecule has 0 amide bonds. The highest BCUT2D eigenvalue weighted by Gasteiger charge is 2.13. The summed E-state index contributed by atoms with van der Waals surface area (Å²) < 4.78 is 1.06. The number of rotatable bonds is 5. The van der Waals surface area contributed by atoms with E-state index in [4.69, 9.17) is 4.84 Å². The third kappa shape index (κ3) is 2.69. The maximum absolute atomic E-state index is 11.9. The molecule has 0 bridgehead atoms. The molecule has 0 aliphatic rings. The molecular weight excluding hydrogens is 286 g/mol. The lowest BCUT2D eigenvalue weighted by molar-refractivity contribution is -0.384. The third-order valence-corrected chi connectivity index (χ3v) is 3.29. The second-order valence-corrected chi connectivity index (χ2v) is 4.75. The van der Waals surface area contributed by atoms with Crippen LogP contribution in [0, 0.1) is 10.1 Å². The zero-order valence-corrected chi connectivity index (χ0v) is 11.6. The molecule has 0 unspecified atom stereocenters. The van der Waals surface area contributed by atoms with Gasteiger partial charge in [-0.2, -0.15) is 0 Å². The molecule has 112 valence electrons. The smallest absolute Gasteiger partial charge is 0.359 e. The number of aromatic amines is 1. The van der Waals surface area contributed by atoms with Crippen LogP contribution in [0.2, 0.25) is 0 Å². The Morgan fingerprint density at radius 1 is 1.18 bits per heavy atom. The van der Waals surface area contributed by atoms with Gasteiger partial charge in [-0.05, 0) is 11.6 Å². The summed E-state index contributed by atoms with van der Waals surface area (Å²) in [5.74, 6) is 0. The molecule has 0 atom stereocenters. The molecule has 0 aliphatic heterocycles. The molecule has 3 rings (SSSR count).